The highest BCUT2D eigenvalue weighted by Gasteiger charge is 2.41. The van der Waals surface area contributed by atoms with Crippen molar-refractivity contribution in [2.24, 2.45) is 0 Å². The Morgan fingerprint density at radius 1 is 1.15 bits per heavy atom. The van der Waals surface area contributed by atoms with Crippen molar-refractivity contribution in [3.05, 3.63) is 34.7 Å². The molecule has 3 N–H and O–H groups in total. The van der Waals surface area contributed by atoms with E-state index in [1.54, 1.807) is 0 Å². The van der Waals surface area contributed by atoms with Crippen molar-refractivity contribution in [1.29, 1.82) is 0 Å². The highest BCUT2D eigenvalue weighted by Crippen LogP contribution is 2.30. The van der Waals surface area contributed by atoms with Crippen LogP contribution in [-0.2, 0) is 0 Å². The van der Waals surface area contributed by atoms with Gasteiger partial charge < -0.3 is 4.98 Å². The van der Waals surface area contributed by atoms with Crippen LogP contribution in [0.5, 0.6) is 0 Å². The molecular formula is C20H30N6O. The fourth-order valence-corrected chi connectivity index (χ4v) is 5.25. The van der Waals surface area contributed by atoms with Gasteiger partial charge in [0.2, 0.25) is 0 Å². The van der Waals surface area contributed by atoms with E-state index in [9.17, 15) is 4.79 Å². The first kappa shape index (κ1) is 17.4. The molecule has 4 heterocycles. The summed E-state index contributed by atoms with van der Waals surface area (Å²) in [5.41, 5.74) is 5.60. The Labute approximate surface area is 159 Å². The Kier molecular flexibility index (Phi) is 4.55. The molecule has 27 heavy (non-hydrogen) atoms. The summed E-state index contributed by atoms with van der Waals surface area (Å²) in [6, 6.07) is 8.92. The van der Waals surface area contributed by atoms with Gasteiger partial charge in [0.05, 0.1) is 23.4 Å². The third-order valence-corrected chi connectivity index (χ3v) is 6.69. The summed E-state index contributed by atoms with van der Waals surface area (Å²) < 4.78 is 1.99. The Morgan fingerprint density at radius 2 is 1.96 bits per heavy atom. The topological polar surface area (TPSA) is 68.3 Å². The highest BCUT2D eigenvalue weighted by molar-refractivity contribution is 5.75. The maximum absolute atomic E-state index is 12.5. The molecule has 5 rings (SSSR count). The molecule has 3 saturated heterocycles. The van der Waals surface area contributed by atoms with Crippen molar-refractivity contribution < 1.29 is 0 Å². The number of hydrogen-bond acceptors (Lipinski definition) is 5. The van der Waals surface area contributed by atoms with Crippen LogP contribution >= 0.6 is 0 Å². The number of imidazole rings is 1. The van der Waals surface area contributed by atoms with Gasteiger partial charge in [-0.2, -0.15) is 0 Å². The molecular weight excluding hydrogens is 340 g/mol. The lowest BCUT2D eigenvalue weighted by Crippen LogP contribution is -2.65. The predicted molar refractivity (Wildman–Crippen MR) is 106 cm³/mol. The smallest absolute Gasteiger partial charge is 0.306 e. The quantitative estimate of drug-likeness (QED) is 0.766. The summed E-state index contributed by atoms with van der Waals surface area (Å²) in [6.07, 6.45) is 6.50. The first-order valence-corrected chi connectivity index (χ1v) is 10.5. The van der Waals surface area contributed by atoms with Crippen LogP contribution in [0, 0.1) is 0 Å². The number of hydrazine groups is 1. The Bertz CT molecular complexity index is 852. The summed E-state index contributed by atoms with van der Waals surface area (Å²) in [6.45, 7) is 5.43. The molecule has 0 aliphatic carbocycles. The fourth-order valence-electron chi connectivity index (χ4n) is 5.25. The minimum absolute atomic E-state index is 0.0313. The lowest BCUT2D eigenvalue weighted by Gasteiger charge is -2.48. The minimum Gasteiger partial charge on any atom is -0.306 e. The summed E-state index contributed by atoms with van der Waals surface area (Å²) in [5, 5.41) is 6.23. The van der Waals surface area contributed by atoms with E-state index in [0.29, 0.717) is 18.4 Å². The molecule has 7 heteroatoms. The van der Waals surface area contributed by atoms with Gasteiger partial charge in [0.15, 0.2) is 0 Å². The number of nitrogens with zero attached hydrogens (tertiary/aromatic N) is 3. The van der Waals surface area contributed by atoms with Crippen molar-refractivity contribution in [1.82, 2.24) is 30.2 Å². The zero-order valence-electron chi connectivity index (χ0n) is 16.0. The molecule has 1 aromatic heterocycles. The van der Waals surface area contributed by atoms with Gasteiger partial charge in [0.1, 0.15) is 0 Å². The number of rotatable bonds is 3. The number of fused-ring (bicyclic) bond motifs is 2. The molecule has 7 nitrogen and oxygen atoms in total. The van der Waals surface area contributed by atoms with Gasteiger partial charge >= 0.3 is 5.69 Å². The first-order chi connectivity index (χ1) is 13.2. The molecule has 3 aliphatic rings. The van der Waals surface area contributed by atoms with Gasteiger partial charge in [-0.25, -0.2) is 9.80 Å². The highest BCUT2D eigenvalue weighted by atomic mass is 16.1. The van der Waals surface area contributed by atoms with E-state index < -0.39 is 0 Å². The average molecular weight is 371 g/mol. The number of benzene rings is 1. The fraction of sp³-hybridized carbons (Fsp3) is 0.650. The van der Waals surface area contributed by atoms with Gasteiger partial charge in [-0.15, -0.1) is 0 Å². The van der Waals surface area contributed by atoms with E-state index in [1.807, 2.05) is 22.8 Å². The van der Waals surface area contributed by atoms with Crippen LogP contribution in [0.1, 0.15) is 45.1 Å². The van der Waals surface area contributed by atoms with Crippen molar-refractivity contribution >= 4 is 11.0 Å². The lowest BCUT2D eigenvalue weighted by molar-refractivity contribution is -0.0608. The Hall–Kier alpha value is -1.67. The van der Waals surface area contributed by atoms with E-state index >= 15 is 0 Å². The zero-order chi connectivity index (χ0) is 18.4. The van der Waals surface area contributed by atoms with E-state index in [2.05, 4.69) is 38.6 Å². The van der Waals surface area contributed by atoms with Crippen molar-refractivity contribution in [2.75, 3.05) is 19.6 Å². The molecule has 2 aromatic rings. The first-order valence-electron chi connectivity index (χ1n) is 10.5. The van der Waals surface area contributed by atoms with E-state index in [0.717, 1.165) is 49.9 Å². The van der Waals surface area contributed by atoms with Gasteiger partial charge in [0, 0.05) is 31.7 Å². The van der Waals surface area contributed by atoms with Gasteiger partial charge in [-0.05, 0) is 44.2 Å². The summed E-state index contributed by atoms with van der Waals surface area (Å²) in [4.78, 5) is 18.2. The zero-order valence-corrected chi connectivity index (χ0v) is 16.0. The second-order valence-corrected chi connectivity index (χ2v) is 8.19. The summed E-state index contributed by atoms with van der Waals surface area (Å²) in [5.74, 6) is 0. The number of hydrogen-bond donors (Lipinski definition) is 3. The van der Waals surface area contributed by atoms with Crippen molar-refractivity contribution in [2.45, 2.75) is 63.4 Å². The third-order valence-electron chi connectivity index (χ3n) is 6.69. The number of aromatic amines is 1. The molecule has 0 saturated carbocycles. The van der Waals surface area contributed by atoms with Crippen molar-refractivity contribution in [3.63, 3.8) is 0 Å². The molecule has 3 unspecified atom stereocenters. The molecule has 3 aliphatic heterocycles. The molecule has 0 amide bonds. The number of piperidine rings is 1. The number of aromatic nitrogens is 2. The normalized spacial score (nSPS) is 30.8. The van der Waals surface area contributed by atoms with Crippen LogP contribution in [0.3, 0.4) is 0 Å². The number of nitrogens with one attached hydrogen (secondary N) is 3. The molecule has 0 spiro atoms. The molecule has 146 valence electrons. The second kappa shape index (κ2) is 7.05. The Balaban J connectivity index is 1.32. The number of H-pyrrole nitrogens is 1. The van der Waals surface area contributed by atoms with Crippen LogP contribution in [0.15, 0.2) is 29.1 Å². The third kappa shape index (κ3) is 3.02. The van der Waals surface area contributed by atoms with Crippen LogP contribution in [0.2, 0.25) is 0 Å². The molecule has 1 aromatic carbocycles. The minimum atomic E-state index is 0.0313. The molecule has 3 atom stereocenters. The Morgan fingerprint density at radius 3 is 2.78 bits per heavy atom. The maximum Gasteiger partial charge on any atom is 0.326 e. The predicted octanol–water partition coefficient (Wildman–Crippen LogP) is 1.60. The van der Waals surface area contributed by atoms with Gasteiger partial charge in [-0.3, -0.25) is 20.2 Å². The lowest BCUT2D eigenvalue weighted by atomic mass is 9.99. The summed E-state index contributed by atoms with van der Waals surface area (Å²) >= 11 is 0. The van der Waals surface area contributed by atoms with E-state index in [4.69, 9.17) is 0 Å². The van der Waals surface area contributed by atoms with Crippen LogP contribution in [0.25, 0.3) is 11.0 Å². The van der Waals surface area contributed by atoms with Gasteiger partial charge in [0.25, 0.3) is 0 Å². The average Bonchev–Trinajstić information content (AvgIpc) is 3.30. The van der Waals surface area contributed by atoms with Crippen LogP contribution < -0.4 is 16.4 Å². The van der Waals surface area contributed by atoms with Crippen molar-refractivity contribution in [3.8, 4) is 0 Å². The van der Waals surface area contributed by atoms with Gasteiger partial charge in [-0.1, -0.05) is 19.1 Å². The van der Waals surface area contributed by atoms with E-state index in [-0.39, 0.29) is 11.7 Å². The van der Waals surface area contributed by atoms with E-state index in [1.165, 1.54) is 12.8 Å². The molecule has 0 radical (unpaired) electrons. The SMILES string of the molecule is CCC1CC(N2CCC(n3c(=O)[nH]c4ccccc43)CC2)N2NCCC2N1. The maximum atomic E-state index is 12.5. The largest absolute Gasteiger partial charge is 0.326 e. The number of para-hydroxylation sites is 2. The summed E-state index contributed by atoms with van der Waals surface area (Å²) in [7, 11) is 0. The number of likely N-dealkylation sites (tertiary alicyclic amines) is 1. The standard InChI is InChI=1S/C20H30N6O/c1-2-14-13-19(26-18(22-14)7-10-21-26)24-11-8-15(9-12-24)25-17-6-4-3-5-16(17)23-20(25)27/h3-6,14-15,18-19,21-22H,2,7-13H2,1H3,(H,23,27). The van der Waals surface area contributed by atoms with Crippen LogP contribution in [-0.4, -0.2) is 57.5 Å². The second-order valence-electron chi connectivity index (χ2n) is 8.19. The monoisotopic (exact) mass is 370 g/mol. The molecule has 3 fully saturated rings. The van der Waals surface area contributed by atoms with Crippen LogP contribution in [0.4, 0.5) is 0 Å². The molecule has 0 bridgehead atoms.